The summed E-state index contributed by atoms with van der Waals surface area (Å²) in [5, 5.41) is 4.84. The van der Waals surface area contributed by atoms with E-state index in [9.17, 15) is 4.79 Å². The van der Waals surface area contributed by atoms with Crippen molar-refractivity contribution in [2.75, 3.05) is 19.5 Å². The Balaban J connectivity index is 1.72. The largest absolute Gasteiger partial charge is 0.496 e. The molecule has 5 nitrogen and oxygen atoms in total. The molecule has 0 saturated carbocycles. The molecule has 0 fully saturated rings. The number of allylic oxidation sites excluding steroid dienone is 1. The number of anilines is 1. The van der Waals surface area contributed by atoms with Gasteiger partial charge in [-0.2, -0.15) is 0 Å². The SMILES string of the molecule is COc1ccc(NC(=O)/C=C(\C)c2cc3c(-c4ccc(Cl)cc4)coc3c(C)c2OC)cc1Cl. The van der Waals surface area contributed by atoms with Crippen LogP contribution in [0.15, 0.2) is 65.3 Å². The molecule has 4 rings (SSSR count). The normalized spacial score (nSPS) is 11.5. The van der Waals surface area contributed by atoms with Gasteiger partial charge in [-0.15, -0.1) is 0 Å². The molecule has 0 atom stereocenters. The number of carbonyl (C=O) groups is 1. The molecule has 0 bridgehead atoms. The Bertz CT molecular complexity index is 1400. The number of hydrogen-bond donors (Lipinski definition) is 1. The third-order valence-corrected chi connectivity index (χ3v) is 6.14. The highest BCUT2D eigenvalue weighted by Crippen LogP contribution is 2.40. The fraction of sp³-hybridized carbons (Fsp3) is 0.148. The second-order valence-electron chi connectivity index (χ2n) is 7.78. The third kappa shape index (κ3) is 4.63. The highest BCUT2D eigenvalue weighted by molar-refractivity contribution is 6.32. The number of carbonyl (C=O) groups excluding carboxylic acids is 1. The first-order valence-electron chi connectivity index (χ1n) is 10.5. The van der Waals surface area contributed by atoms with Gasteiger partial charge in [0.25, 0.3) is 0 Å². The molecule has 1 heterocycles. The maximum atomic E-state index is 12.7. The Morgan fingerprint density at radius 3 is 2.41 bits per heavy atom. The summed E-state index contributed by atoms with van der Waals surface area (Å²) in [5.41, 5.74) is 5.60. The molecule has 3 aromatic carbocycles. The van der Waals surface area contributed by atoms with Gasteiger partial charge < -0.3 is 19.2 Å². The highest BCUT2D eigenvalue weighted by Gasteiger charge is 2.19. The number of ether oxygens (including phenoxy) is 2. The molecular formula is C27H23Cl2NO4. The Morgan fingerprint density at radius 2 is 1.76 bits per heavy atom. The van der Waals surface area contributed by atoms with Gasteiger partial charge >= 0.3 is 0 Å². The van der Waals surface area contributed by atoms with E-state index in [2.05, 4.69) is 5.32 Å². The summed E-state index contributed by atoms with van der Waals surface area (Å²) >= 11 is 12.2. The monoisotopic (exact) mass is 495 g/mol. The predicted octanol–water partition coefficient (Wildman–Crippen LogP) is 7.77. The van der Waals surface area contributed by atoms with Crippen molar-refractivity contribution in [1.29, 1.82) is 0 Å². The van der Waals surface area contributed by atoms with Gasteiger partial charge in [0, 0.05) is 38.9 Å². The molecule has 0 unspecified atom stereocenters. The van der Waals surface area contributed by atoms with E-state index in [1.165, 1.54) is 13.2 Å². The molecule has 34 heavy (non-hydrogen) atoms. The number of rotatable bonds is 6. The van der Waals surface area contributed by atoms with Crippen LogP contribution in [0.4, 0.5) is 5.69 Å². The van der Waals surface area contributed by atoms with E-state index in [4.69, 9.17) is 37.1 Å². The lowest BCUT2D eigenvalue weighted by molar-refractivity contribution is -0.111. The Morgan fingerprint density at radius 1 is 1.03 bits per heavy atom. The standard InChI is InChI=1S/C27H23Cl2NO4/c1-15(11-25(31)30-19-9-10-24(32-3)23(29)12-19)20-13-21-22(17-5-7-18(28)8-6-17)14-34-27(21)16(2)26(20)33-4/h5-14H,1-4H3,(H,30,31)/b15-11+. The Labute approximate surface area is 207 Å². The van der Waals surface area contributed by atoms with E-state index in [0.29, 0.717) is 27.2 Å². The first kappa shape index (κ1) is 23.7. The fourth-order valence-corrected chi connectivity index (χ4v) is 4.31. The van der Waals surface area contributed by atoms with E-state index in [-0.39, 0.29) is 5.91 Å². The van der Waals surface area contributed by atoms with Gasteiger partial charge in [-0.3, -0.25) is 4.79 Å². The first-order valence-corrected chi connectivity index (χ1v) is 11.3. The molecule has 0 radical (unpaired) electrons. The van der Waals surface area contributed by atoms with Gasteiger partial charge in [0.15, 0.2) is 0 Å². The molecule has 1 amide bonds. The topological polar surface area (TPSA) is 60.7 Å². The van der Waals surface area contributed by atoms with E-state index >= 15 is 0 Å². The van der Waals surface area contributed by atoms with Crippen molar-refractivity contribution < 1.29 is 18.7 Å². The zero-order valence-electron chi connectivity index (χ0n) is 19.2. The van der Waals surface area contributed by atoms with Crippen LogP contribution in [0.1, 0.15) is 18.1 Å². The van der Waals surface area contributed by atoms with Crippen LogP contribution in [-0.4, -0.2) is 20.1 Å². The number of aryl methyl sites for hydroxylation is 1. The lowest BCUT2D eigenvalue weighted by Gasteiger charge is -2.13. The Hall–Kier alpha value is -3.41. The average Bonchev–Trinajstić information content (AvgIpc) is 3.24. The maximum Gasteiger partial charge on any atom is 0.248 e. The molecular weight excluding hydrogens is 473 g/mol. The molecule has 0 aliphatic heterocycles. The van der Waals surface area contributed by atoms with Gasteiger partial charge in [-0.05, 0) is 61.4 Å². The van der Waals surface area contributed by atoms with E-state index in [1.54, 1.807) is 31.6 Å². The minimum Gasteiger partial charge on any atom is -0.496 e. The number of nitrogens with one attached hydrogen (secondary N) is 1. The van der Waals surface area contributed by atoms with Gasteiger partial charge in [-0.1, -0.05) is 35.3 Å². The number of halogens is 2. The number of amides is 1. The van der Waals surface area contributed by atoms with Crippen LogP contribution in [-0.2, 0) is 4.79 Å². The lowest BCUT2D eigenvalue weighted by Crippen LogP contribution is -2.09. The van der Waals surface area contributed by atoms with Crippen LogP contribution in [0.25, 0.3) is 27.7 Å². The number of hydrogen-bond acceptors (Lipinski definition) is 4. The molecule has 0 aliphatic carbocycles. The summed E-state index contributed by atoms with van der Waals surface area (Å²) in [7, 11) is 3.14. The molecule has 1 aromatic heterocycles. The molecule has 0 aliphatic rings. The molecule has 4 aromatic rings. The van der Waals surface area contributed by atoms with Crippen LogP contribution >= 0.6 is 23.2 Å². The average molecular weight is 496 g/mol. The third-order valence-electron chi connectivity index (χ3n) is 5.60. The van der Waals surface area contributed by atoms with Crippen molar-refractivity contribution in [3.8, 4) is 22.6 Å². The minimum absolute atomic E-state index is 0.288. The van der Waals surface area contributed by atoms with Crippen LogP contribution in [0.3, 0.4) is 0 Å². The smallest absolute Gasteiger partial charge is 0.248 e. The van der Waals surface area contributed by atoms with Crippen molar-refractivity contribution in [3.05, 3.63) is 82.0 Å². The summed E-state index contributed by atoms with van der Waals surface area (Å²) in [5.74, 6) is 0.902. The number of furan rings is 1. The van der Waals surface area contributed by atoms with Crippen LogP contribution in [0, 0.1) is 6.92 Å². The number of methoxy groups -OCH3 is 2. The molecule has 1 N–H and O–H groups in total. The van der Waals surface area contributed by atoms with Crippen molar-refractivity contribution in [2.45, 2.75) is 13.8 Å². The van der Waals surface area contributed by atoms with Crippen molar-refractivity contribution in [2.24, 2.45) is 0 Å². The van der Waals surface area contributed by atoms with Gasteiger partial charge in [0.2, 0.25) is 5.91 Å². The second kappa shape index (κ2) is 9.84. The van der Waals surface area contributed by atoms with Gasteiger partial charge in [0.05, 0.1) is 25.5 Å². The zero-order valence-corrected chi connectivity index (χ0v) is 20.7. The van der Waals surface area contributed by atoms with Gasteiger partial charge in [-0.25, -0.2) is 0 Å². The molecule has 7 heteroatoms. The van der Waals surface area contributed by atoms with Gasteiger partial charge in [0.1, 0.15) is 17.1 Å². The quantitative estimate of drug-likeness (QED) is 0.277. The molecule has 0 spiro atoms. The summed E-state index contributed by atoms with van der Waals surface area (Å²) in [6, 6.07) is 14.6. The summed E-state index contributed by atoms with van der Waals surface area (Å²) in [6.45, 7) is 3.80. The van der Waals surface area contributed by atoms with E-state index < -0.39 is 0 Å². The first-order chi connectivity index (χ1) is 16.3. The van der Waals surface area contributed by atoms with Crippen molar-refractivity contribution in [1.82, 2.24) is 0 Å². The molecule has 174 valence electrons. The summed E-state index contributed by atoms with van der Waals surface area (Å²) in [6.07, 6.45) is 3.26. The van der Waals surface area contributed by atoms with Crippen LogP contribution in [0.5, 0.6) is 11.5 Å². The van der Waals surface area contributed by atoms with Crippen molar-refractivity contribution in [3.63, 3.8) is 0 Å². The van der Waals surface area contributed by atoms with Crippen LogP contribution < -0.4 is 14.8 Å². The predicted molar refractivity (Wildman–Crippen MR) is 138 cm³/mol. The summed E-state index contributed by atoms with van der Waals surface area (Å²) in [4.78, 5) is 12.7. The Kier molecular flexibility index (Phi) is 6.87. The fourth-order valence-electron chi connectivity index (χ4n) is 3.92. The van der Waals surface area contributed by atoms with Crippen molar-refractivity contribution >= 4 is 51.3 Å². The summed E-state index contributed by atoms with van der Waals surface area (Å²) < 4.78 is 16.7. The van der Waals surface area contributed by atoms with E-state index in [0.717, 1.165) is 38.8 Å². The number of fused-ring (bicyclic) bond motifs is 1. The van der Waals surface area contributed by atoms with Crippen LogP contribution in [0.2, 0.25) is 10.0 Å². The molecule has 0 saturated heterocycles. The minimum atomic E-state index is -0.288. The zero-order chi connectivity index (χ0) is 24.4. The second-order valence-corrected chi connectivity index (χ2v) is 8.62. The number of benzene rings is 3. The van der Waals surface area contributed by atoms with E-state index in [1.807, 2.05) is 44.2 Å². The maximum absolute atomic E-state index is 12.7. The highest BCUT2D eigenvalue weighted by atomic mass is 35.5. The lowest BCUT2D eigenvalue weighted by atomic mass is 9.96.